The van der Waals surface area contributed by atoms with Crippen molar-refractivity contribution in [2.45, 2.75) is 26.3 Å². The van der Waals surface area contributed by atoms with Crippen LogP contribution in [0.1, 0.15) is 25.3 Å². The van der Waals surface area contributed by atoms with E-state index in [2.05, 4.69) is 41.2 Å². The minimum atomic E-state index is 0.673. The number of piperidine rings is 1. The first-order valence-electron chi connectivity index (χ1n) is 9.23. The van der Waals surface area contributed by atoms with Gasteiger partial charge in [0.05, 0.1) is 7.11 Å². The Balaban J connectivity index is 1.75. The molecule has 1 aliphatic rings. The van der Waals surface area contributed by atoms with Crippen LogP contribution in [0.25, 0.3) is 0 Å². The zero-order chi connectivity index (χ0) is 17.9. The standard InChI is InChI=1S/C20H32N4O/c1-4-12-22-20(21-5-2)23-15-17-10-13-24(14-11-17)16-18-6-8-19(25-3)9-7-18/h4,6-9,17H,1,5,10-16H2,2-3H3,(H2,21,22,23). The maximum absolute atomic E-state index is 5.22. The maximum atomic E-state index is 5.22. The van der Waals surface area contributed by atoms with Gasteiger partial charge in [0, 0.05) is 26.2 Å². The molecular weight excluding hydrogens is 312 g/mol. The zero-order valence-electron chi connectivity index (χ0n) is 15.6. The van der Waals surface area contributed by atoms with Crippen LogP contribution in [0.4, 0.5) is 0 Å². The molecule has 1 heterocycles. The number of methoxy groups -OCH3 is 1. The quantitative estimate of drug-likeness (QED) is 0.432. The summed E-state index contributed by atoms with van der Waals surface area (Å²) < 4.78 is 5.22. The van der Waals surface area contributed by atoms with Crippen molar-refractivity contribution in [3.05, 3.63) is 42.5 Å². The Morgan fingerprint density at radius 1 is 1.28 bits per heavy atom. The molecule has 25 heavy (non-hydrogen) atoms. The van der Waals surface area contributed by atoms with Gasteiger partial charge in [-0.15, -0.1) is 6.58 Å². The molecule has 0 amide bonds. The molecule has 5 heteroatoms. The lowest BCUT2D eigenvalue weighted by Gasteiger charge is -2.31. The topological polar surface area (TPSA) is 48.9 Å². The zero-order valence-corrected chi connectivity index (χ0v) is 15.6. The maximum Gasteiger partial charge on any atom is 0.191 e. The van der Waals surface area contributed by atoms with Gasteiger partial charge in [-0.2, -0.15) is 0 Å². The van der Waals surface area contributed by atoms with Crippen LogP contribution in [0.5, 0.6) is 5.75 Å². The molecule has 0 saturated carbocycles. The van der Waals surface area contributed by atoms with Crippen molar-refractivity contribution >= 4 is 5.96 Å². The van der Waals surface area contributed by atoms with E-state index >= 15 is 0 Å². The summed E-state index contributed by atoms with van der Waals surface area (Å²) in [6.07, 6.45) is 4.27. The second-order valence-corrected chi connectivity index (χ2v) is 6.46. The van der Waals surface area contributed by atoms with Gasteiger partial charge in [0.1, 0.15) is 5.75 Å². The lowest BCUT2D eigenvalue weighted by Crippen LogP contribution is -2.38. The number of nitrogens with one attached hydrogen (secondary N) is 2. The van der Waals surface area contributed by atoms with Crippen molar-refractivity contribution in [1.29, 1.82) is 0 Å². The Hall–Kier alpha value is -2.01. The van der Waals surface area contributed by atoms with Crippen LogP contribution in [0.15, 0.2) is 41.9 Å². The summed E-state index contributed by atoms with van der Waals surface area (Å²) >= 11 is 0. The monoisotopic (exact) mass is 344 g/mol. The van der Waals surface area contributed by atoms with Gasteiger partial charge in [-0.25, -0.2) is 0 Å². The summed E-state index contributed by atoms with van der Waals surface area (Å²) in [6.45, 7) is 11.6. The highest BCUT2D eigenvalue weighted by atomic mass is 16.5. The Kier molecular flexibility index (Phi) is 8.32. The second kappa shape index (κ2) is 10.8. The van der Waals surface area contributed by atoms with E-state index in [9.17, 15) is 0 Å². The fourth-order valence-electron chi connectivity index (χ4n) is 3.05. The van der Waals surface area contributed by atoms with Gasteiger partial charge in [0.2, 0.25) is 0 Å². The van der Waals surface area contributed by atoms with E-state index in [-0.39, 0.29) is 0 Å². The van der Waals surface area contributed by atoms with Crippen molar-refractivity contribution in [3.8, 4) is 5.75 Å². The van der Waals surface area contributed by atoms with Gasteiger partial charge in [0.25, 0.3) is 0 Å². The van der Waals surface area contributed by atoms with E-state index in [0.717, 1.165) is 51.0 Å². The van der Waals surface area contributed by atoms with Crippen molar-refractivity contribution in [2.75, 3.05) is 39.8 Å². The molecule has 0 unspecified atom stereocenters. The molecule has 1 aliphatic heterocycles. The third kappa shape index (κ3) is 6.78. The van der Waals surface area contributed by atoms with E-state index in [1.165, 1.54) is 18.4 Å². The number of rotatable bonds is 8. The molecule has 0 atom stereocenters. The van der Waals surface area contributed by atoms with Crippen LogP contribution in [-0.2, 0) is 6.54 Å². The van der Waals surface area contributed by atoms with E-state index in [1.54, 1.807) is 7.11 Å². The molecule has 0 spiro atoms. The van der Waals surface area contributed by atoms with E-state index in [0.29, 0.717) is 5.92 Å². The van der Waals surface area contributed by atoms with E-state index in [4.69, 9.17) is 9.73 Å². The van der Waals surface area contributed by atoms with Crippen molar-refractivity contribution < 1.29 is 4.74 Å². The fourth-order valence-corrected chi connectivity index (χ4v) is 3.05. The van der Waals surface area contributed by atoms with Crippen LogP contribution in [0, 0.1) is 5.92 Å². The van der Waals surface area contributed by atoms with Crippen molar-refractivity contribution in [3.63, 3.8) is 0 Å². The number of nitrogens with zero attached hydrogens (tertiary/aromatic N) is 2. The highest BCUT2D eigenvalue weighted by molar-refractivity contribution is 5.79. The van der Waals surface area contributed by atoms with Crippen LogP contribution >= 0.6 is 0 Å². The molecule has 1 fully saturated rings. The molecule has 138 valence electrons. The molecule has 2 N–H and O–H groups in total. The smallest absolute Gasteiger partial charge is 0.191 e. The first-order chi connectivity index (χ1) is 12.2. The number of hydrogen-bond donors (Lipinski definition) is 2. The number of likely N-dealkylation sites (tertiary alicyclic amines) is 1. The van der Waals surface area contributed by atoms with Crippen LogP contribution in [0.3, 0.4) is 0 Å². The van der Waals surface area contributed by atoms with Gasteiger partial charge in [-0.1, -0.05) is 18.2 Å². The Morgan fingerprint density at radius 2 is 2.00 bits per heavy atom. The first kappa shape index (κ1) is 19.3. The number of guanidine groups is 1. The molecule has 0 aromatic heterocycles. The Morgan fingerprint density at radius 3 is 2.60 bits per heavy atom. The highest BCUT2D eigenvalue weighted by Crippen LogP contribution is 2.20. The Labute approximate surface area is 152 Å². The average Bonchev–Trinajstić information content (AvgIpc) is 2.66. The summed E-state index contributed by atoms with van der Waals surface area (Å²) in [5, 5.41) is 6.54. The van der Waals surface area contributed by atoms with Crippen LogP contribution in [0.2, 0.25) is 0 Å². The lowest BCUT2D eigenvalue weighted by molar-refractivity contribution is 0.180. The van der Waals surface area contributed by atoms with E-state index < -0.39 is 0 Å². The minimum absolute atomic E-state index is 0.673. The molecule has 1 aromatic rings. The third-order valence-electron chi connectivity index (χ3n) is 4.54. The largest absolute Gasteiger partial charge is 0.497 e. The predicted molar refractivity (Wildman–Crippen MR) is 105 cm³/mol. The summed E-state index contributed by atoms with van der Waals surface area (Å²) in [5.41, 5.74) is 1.35. The third-order valence-corrected chi connectivity index (χ3v) is 4.54. The van der Waals surface area contributed by atoms with Crippen molar-refractivity contribution in [1.82, 2.24) is 15.5 Å². The van der Waals surface area contributed by atoms with Gasteiger partial charge < -0.3 is 15.4 Å². The number of aliphatic imine (C=N–C) groups is 1. The molecule has 2 rings (SSSR count). The summed E-state index contributed by atoms with van der Waals surface area (Å²) in [7, 11) is 1.70. The molecule has 0 aliphatic carbocycles. The second-order valence-electron chi connectivity index (χ2n) is 6.46. The molecular formula is C20H32N4O. The molecule has 0 bridgehead atoms. The molecule has 1 aromatic carbocycles. The van der Waals surface area contributed by atoms with Gasteiger partial charge in [-0.3, -0.25) is 9.89 Å². The Bertz CT molecular complexity index is 533. The van der Waals surface area contributed by atoms with Crippen LogP contribution in [-0.4, -0.2) is 50.7 Å². The van der Waals surface area contributed by atoms with Crippen LogP contribution < -0.4 is 15.4 Å². The lowest BCUT2D eigenvalue weighted by atomic mass is 9.96. The minimum Gasteiger partial charge on any atom is -0.497 e. The fraction of sp³-hybridized carbons (Fsp3) is 0.550. The summed E-state index contributed by atoms with van der Waals surface area (Å²) in [5.74, 6) is 2.48. The van der Waals surface area contributed by atoms with E-state index in [1.807, 2.05) is 18.2 Å². The highest BCUT2D eigenvalue weighted by Gasteiger charge is 2.19. The van der Waals surface area contributed by atoms with Crippen molar-refractivity contribution in [2.24, 2.45) is 10.9 Å². The normalized spacial score (nSPS) is 16.5. The van der Waals surface area contributed by atoms with Gasteiger partial charge >= 0.3 is 0 Å². The molecule has 1 saturated heterocycles. The SMILES string of the molecule is C=CCNC(=NCC1CCN(Cc2ccc(OC)cc2)CC1)NCC. The first-order valence-corrected chi connectivity index (χ1v) is 9.23. The molecule has 5 nitrogen and oxygen atoms in total. The predicted octanol–water partition coefficient (Wildman–Crippen LogP) is 2.65. The average molecular weight is 345 g/mol. The summed E-state index contributed by atoms with van der Waals surface area (Å²) in [6, 6.07) is 8.39. The number of benzene rings is 1. The number of ether oxygens (including phenoxy) is 1. The number of hydrogen-bond acceptors (Lipinski definition) is 3. The summed E-state index contributed by atoms with van der Waals surface area (Å²) in [4.78, 5) is 7.25. The van der Waals surface area contributed by atoms with Gasteiger partial charge in [0.15, 0.2) is 5.96 Å². The molecule has 0 radical (unpaired) electrons. The van der Waals surface area contributed by atoms with Gasteiger partial charge in [-0.05, 0) is 56.5 Å².